The standard InChI is InChI=1S/C13H9Cl2/c14-12-8-4-7-11(13(12)15)9-10-5-2-1-3-6-10/h2-8H,9H2. The van der Waals surface area contributed by atoms with E-state index >= 15 is 0 Å². The van der Waals surface area contributed by atoms with Gasteiger partial charge in [-0.2, -0.15) is 0 Å². The third kappa shape index (κ3) is 2.53. The van der Waals surface area contributed by atoms with Gasteiger partial charge in [0.25, 0.3) is 0 Å². The number of benzene rings is 2. The molecule has 0 nitrogen and oxygen atoms in total. The van der Waals surface area contributed by atoms with Crippen molar-refractivity contribution in [1.82, 2.24) is 0 Å². The van der Waals surface area contributed by atoms with E-state index in [0.717, 1.165) is 12.0 Å². The lowest BCUT2D eigenvalue weighted by Gasteiger charge is -2.05. The van der Waals surface area contributed by atoms with Crippen molar-refractivity contribution in [2.24, 2.45) is 0 Å². The summed E-state index contributed by atoms with van der Waals surface area (Å²) in [4.78, 5) is 0. The maximum absolute atomic E-state index is 6.10. The average Bonchev–Trinajstić information content (AvgIpc) is 2.26. The molecule has 0 N–H and O–H groups in total. The van der Waals surface area contributed by atoms with Crippen molar-refractivity contribution in [1.29, 1.82) is 0 Å². The van der Waals surface area contributed by atoms with Crippen molar-refractivity contribution < 1.29 is 0 Å². The van der Waals surface area contributed by atoms with Crippen molar-refractivity contribution in [3.8, 4) is 0 Å². The minimum atomic E-state index is 0.608. The summed E-state index contributed by atoms with van der Waals surface area (Å²) < 4.78 is 0. The summed E-state index contributed by atoms with van der Waals surface area (Å²) in [5.74, 6) is 0. The summed E-state index contributed by atoms with van der Waals surface area (Å²) >= 11 is 12.0. The van der Waals surface area contributed by atoms with Crippen LogP contribution in [-0.2, 0) is 6.42 Å². The molecule has 0 aliphatic carbocycles. The fourth-order valence-electron chi connectivity index (χ4n) is 1.44. The smallest absolute Gasteiger partial charge is 0.0627 e. The average molecular weight is 236 g/mol. The zero-order valence-electron chi connectivity index (χ0n) is 8.00. The van der Waals surface area contributed by atoms with Crippen LogP contribution in [0.2, 0.25) is 10.0 Å². The van der Waals surface area contributed by atoms with Gasteiger partial charge in [-0.15, -0.1) is 0 Å². The molecule has 0 unspecified atom stereocenters. The van der Waals surface area contributed by atoms with Crippen molar-refractivity contribution in [2.75, 3.05) is 0 Å². The minimum Gasteiger partial charge on any atom is -0.0827 e. The molecule has 2 aromatic rings. The predicted octanol–water partition coefficient (Wildman–Crippen LogP) is 4.38. The molecule has 0 heterocycles. The van der Waals surface area contributed by atoms with Crippen molar-refractivity contribution in [3.63, 3.8) is 0 Å². The summed E-state index contributed by atoms with van der Waals surface area (Å²) in [6.07, 6.45) is 0.800. The number of rotatable bonds is 2. The highest BCUT2D eigenvalue weighted by atomic mass is 35.5. The molecule has 0 bridgehead atoms. The van der Waals surface area contributed by atoms with Crippen LogP contribution in [0, 0.1) is 6.07 Å². The van der Waals surface area contributed by atoms with Gasteiger partial charge in [0.2, 0.25) is 0 Å². The number of hydrogen-bond acceptors (Lipinski definition) is 0. The van der Waals surface area contributed by atoms with E-state index in [1.54, 1.807) is 6.07 Å². The number of hydrogen-bond donors (Lipinski definition) is 0. The summed E-state index contributed by atoms with van der Waals surface area (Å²) in [6.45, 7) is 0. The van der Waals surface area contributed by atoms with Crippen molar-refractivity contribution >= 4 is 23.2 Å². The van der Waals surface area contributed by atoms with Gasteiger partial charge in [0, 0.05) is 0 Å². The highest BCUT2D eigenvalue weighted by molar-refractivity contribution is 6.42. The lowest BCUT2D eigenvalue weighted by molar-refractivity contribution is 1.19. The van der Waals surface area contributed by atoms with Gasteiger partial charge in [-0.1, -0.05) is 59.6 Å². The maximum atomic E-state index is 6.10. The Hall–Kier alpha value is -0.980. The lowest BCUT2D eigenvalue weighted by atomic mass is 10.1. The molecule has 0 saturated heterocycles. The Balaban J connectivity index is 2.29. The van der Waals surface area contributed by atoms with Gasteiger partial charge in [0.1, 0.15) is 0 Å². The highest BCUT2D eigenvalue weighted by Crippen LogP contribution is 2.27. The molecule has 2 rings (SSSR count). The van der Waals surface area contributed by atoms with Gasteiger partial charge in [0.05, 0.1) is 10.0 Å². The second kappa shape index (κ2) is 4.69. The van der Waals surface area contributed by atoms with Crippen LogP contribution in [-0.4, -0.2) is 0 Å². The van der Waals surface area contributed by atoms with Crippen LogP contribution in [0.15, 0.2) is 42.5 Å². The molecular weight excluding hydrogens is 227 g/mol. The Morgan fingerprint density at radius 2 is 1.73 bits per heavy atom. The number of halogens is 2. The summed E-state index contributed by atoms with van der Waals surface area (Å²) in [5.41, 5.74) is 2.26. The molecule has 0 amide bonds. The predicted molar refractivity (Wildman–Crippen MR) is 64.5 cm³/mol. The second-order valence-electron chi connectivity index (χ2n) is 3.30. The Bertz CT molecular complexity index is 449. The molecule has 15 heavy (non-hydrogen) atoms. The molecule has 0 aliphatic rings. The van der Waals surface area contributed by atoms with Gasteiger partial charge in [-0.3, -0.25) is 0 Å². The topological polar surface area (TPSA) is 0 Å². The van der Waals surface area contributed by atoms with Crippen LogP contribution in [0.1, 0.15) is 11.1 Å². The molecule has 0 saturated carbocycles. The molecule has 2 aromatic carbocycles. The molecule has 0 aliphatic heterocycles. The van der Waals surface area contributed by atoms with E-state index in [2.05, 4.69) is 6.07 Å². The molecule has 75 valence electrons. The third-order valence-corrected chi connectivity index (χ3v) is 3.07. The monoisotopic (exact) mass is 235 g/mol. The summed E-state index contributed by atoms with van der Waals surface area (Å²) in [5, 5.41) is 1.25. The summed E-state index contributed by atoms with van der Waals surface area (Å²) in [7, 11) is 0. The third-order valence-electron chi connectivity index (χ3n) is 2.21. The van der Waals surface area contributed by atoms with Gasteiger partial charge in [-0.05, 0) is 29.7 Å². The fourth-order valence-corrected chi connectivity index (χ4v) is 1.83. The van der Waals surface area contributed by atoms with E-state index in [4.69, 9.17) is 23.2 Å². The van der Waals surface area contributed by atoms with Crippen LogP contribution in [0.4, 0.5) is 0 Å². The second-order valence-corrected chi connectivity index (χ2v) is 4.08. The zero-order valence-corrected chi connectivity index (χ0v) is 9.52. The van der Waals surface area contributed by atoms with Gasteiger partial charge in [-0.25, -0.2) is 0 Å². The molecular formula is C13H9Cl2. The first-order chi connectivity index (χ1) is 7.27. The quantitative estimate of drug-likeness (QED) is 0.725. The van der Waals surface area contributed by atoms with E-state index in [1.807, 2.05) is 36.4 Å². The molecule has 0 atom stereocenters. The SMILES string of the molecule is Clc1cccc(Cc2cc[c]cc2)c1Cl. The first kappa shape index (κ1) is 10.5. The largest absolute Gasteiger partial charge is 0.0827 e. The van der Waals surface area contributed by atoms with Crippen molar-refractivity contribution in [3.05, 3.63) is 69.7 Å². The van der Waals surface area contributed by atoms with Crippen molar-refractivity contribution in [2.45, 2.75) is 6.42 Å². The van der Waals surface area contributed by atoms with Crippen LogP contribution in [0.3, 0.4) is 0 Å². The van der Waals surface area contributed by atoms with E-state index in [1.165, 1.54) is 5.56 Å². The fraction of sp³-hybridized carbons (Fsp3) is 0.0769. The Morgan fingerprint density at radius 3 is 2.47 bits per heavy atom. The summed E-state index contributed by atoms with van der Waals surface area (Å²) in [6, 6.07) is 16.5. The van der Waals surface area contributed by atoms with Gasteiger partial charge >= 0.3 is 0 Å². The van der Waals surface area contributed by atoms with Crippen LogP contribution in [0.5, 0.6) is 0 Å². The van der Waals surface area contributed by atoms with E-state index in [0.29, 0.717) is 10.0 Å². The first-order valence-electron chi connectivity index (χ1n) is 4.65. The Morgan fingerprint density at radius 1 is 1.00 bits per heavy atom. The van der Waals surface area contributed by atoms with Crippen LogP contribution in [0.25, 0.3) is 0 Å². The molecule has 0 spiro atoms. The van der Waals surface area contributed by atoms with E-state index in [-0.39, 0.29) is 0 Å². The zero-order chi connectivity index (χ0) is 10.7. The first-order valence-corrected chi connectivity index (χ1v) is 5.41. The Kier molecular flexibility index (Phi) is 3.30. The maximum Gasteiger partial charge on any atom is 0.0627 e. The van der Waals surface area contributed by atoms with Crippen LogP contribution < -0.4 is 0 Å². The van der Waals surface area contributed by atoms with Gasteiger partial charge in [0.15, 0.2) is 0 Å². The Labute approximate surface area is 99.5 Å². The minimum absolute atomic E-state index is 0.608. The molecule has 0 fully saturated rings. The normalized spacial score (nSPS) is 10.3. The van der Waals surface area contributed by atoms with Gasteiger partial charge < -0.3 is 0 Å². The highest BCUT2D eigenvalue weighted by Gasteiger charge is 2.04. The lowest BCUT2D eigenvalue weighted by Crippen LogP contribution is -1.89. The van der Waals surface area contributed by atoms with E-state index < -0.39 is 0 Å². The van der Waals surface area contributed by atoms with Crippen LogP contribution >= 0.6 is 23.2 Å². The van der Waals surface area contributed by atoms with E-state index in [9.17, 15) is 0 Å². The molecule has 2 heteroatoms. The molecule has 1 radical (unpaired) electrons. The molecule has 0 aromatic heterocycles.